The van der Waals surface area contributed by atoms with Crippen molar-refractivity contribution in [1.82, 2.24) is 0 Å². The Balaban J connectivity index is 2.61. The summed E-state index contributed by atoms with van der Waals surface area (Å²) in [4.78, 5) is 16.6. The molecule has 0 aromatic carbocycles. The van der Waals surface area contributed by atoms with Crippen molar-refractivity contribution in [2.45, 2.75) is 20.0 Å². The Kier molecular flexibility index (Phi) is 2.13. The van der Waals surface area contributed by atoms with Gasteiger partial charge in [-0.05, 0) is 12.5 Å². The lowest BCUT2D eigenvalue weighted by molar-refractivity contribution is -0.117. The maximum Gasteiger partial charge on any atom is 0.252 e. The van der Waals surface area contributed by atoms with Crippen LogP contribution in [-0.2, 0) is 17.8 Å². The van der Waals surface area contributed by atoms with Crippen LogP contribution in [0.2, 0.25) is 0 Å². The fourth-order valence-electron chi connectivity index (χ4n) is 1.60. The number of thiophene rings is 1. The molecule has 0 spiro atoms. The molecule has 74 valence electrons. The molecular weight excluding hydrogens is 200 g/mol. The van der Waals surface area contributed by atoms with E-state index < -0.39 is 0 Å². The van der Waals surface area contributed by atoms with E-state index in [1.165, 1.54) is 11.3 Å². The van der Waals surface area contributed by atoms with Gasteiger partial charge in [0.2, 0.25) is 0 Å². The van der Waals surface area contributed by atoms with Gasteiger partial charge in [0.1, 0.15) is 5.84 Å². The molecule has 0 radical (unpaired) electrons. The van der Waals surface area contributed by atoms with E-state index in [4.69, 9.17) is 10.8 Å². The van der Waals surface area contributed by atoms with Gasteiger partial charge in [0, 0.05) is 15.3 Å². The number of nitrogens with zero attached hydrogens (tertiary/aromatic N) is 1. The summed E-state index contributed by atoms with van der Waals surface area (Å²) in [7, 11) is 0. The molecule has 0 bridgehead atoms. The van der Waals surface area contributed by atoms with Gasteiger partial charge in [-0.15, -0.1) is 11.3 Å². The molecule has 2 rings (SSSR count). The number of aliphatic imine (C=N–C) groups is 1. The van der Waals surface area contributed by atoms with E-state index in [0.717, 1.165) is 20.9 Å². The van der Waals surface area contributed by atoms with Gasteiger partial charge in [-0.2, -0.15) is 4.99 Å². The molecule has 14 heavy (non-hydrogen) atoms. The molecule has 3 N–H and O–H groups in total. The zero-order valence-electron chi connectivity index (χ0n) is 7.70. The third-order valence-corrected chi connectivity index (χ3v) is 3.55. The second-order valence-corrected chi connectivity index (χ2v) is 4.36. The largest absolute Gasteiger partial charge is 0.391 e. The molecule has 2 heterocycles. The van der Waals surface area contributed by atoms with Crippen LogP contribution in [0.5, 0.6) is 0 Å². The van der Waals surface area contributed by atoms with Gasteiger partial charge >= 0.3 is 0 Å². The van der Waals surface area contributed by atoms with Crippen LogP contribution in [0.1, 0.15) is 20.9 Å². The van der Waals surface area contributed by atoms with Crippen molar-refractivity contribution >= 4 is 23.1 Å². The number of hydrogen-bond acceptors (Lipinski definition) is 4. The molecule has 0 aliphatic carbocycles. The molecule has 0 saturated carbocycles. The molecule has 1 aromatic rings. The predicted octanol–water partition coefficient (Wildman–Crippen LogP) is 0.337. The van der Waals surface area contributed by atoms with Crippen molar-refractivity contribution in [2.75, 3.05) is 0 Å². The van der Waals surface area contributed by atoms with Crippen molar-refractivity contribution in [3.8, 4) is 0 Å². The maximum absolute atomic E-state index is 11.1. The number of aliphatic hydroxyl groups excluding tert-OH is 1. The molecule has 0 saturated heterocycles. The number of carbonyl (C=O) groups is 1. The first-order valence-corrected chi connectivity index (χ1v) is 5.04. The summed E-state index contributed by atoms with van der Waals surface area (Å²) in [6.45, 7) is 1.88. The summed E-state index contributed by atoms with van der Waals surface area (Å²) in [6.07, 6.45) is 0.307. The van der Waals surface area contributed by atoms with Crippen LogP contribution >= 0.6 is 11.3 Å². The number of amides is 1. The molecule has 1 aromatic heterocycles. The molecule has 0 unspecified atom stereocenters. The van der Waals surface area contributed by atoms with E-state index in [0.29, 0.717) is 6.42 Å². The zero-order valence-corrected chi connectivity index (χ0v) is 8.52. The van der Waals surface area contributed by atoms with Gasteiger partial charge in [0.05, 0.1) is 13.0 Å². The van der Waals surface area contributed by atoms with Crippen molar-refractivity contribution in [3.63, 3.8) is 0 Å². The molecule has 5 heteroatoms. The van der Waals surface area contributed by atoms with E-state index in [2.05, 4.69) is 4.99 Å². The number of carbonyl (C=O) groups excluding carboxylic acids is 1. The number of nitrogens with two attached hydrogens (primary N) is 1. The van der Waals surface area contributed by atoms with Crippen molar-refractivity contribution < 1.29 is 9.90 Å². The number of rotatable bonds is 1. The molecule has 1 amide bonds. The van der Waals surface area contributed by atoms with Gasteiger partial charge in [0.25, 0.3) is 5.91 Å². The third kappa shape index (κ3) is 1.25. The second-order valence-electron chi connectivity index (χ2n) is 3.17. The Labute approximate surface area is 85.1 Å². The van der Waals surface area contributed by atoms with Gasteiger partial charge in [-0.25, -0.2) is 0 Å². The highest BCUT2D eigenvalue weighted by Crippen LogP contribution is 2.30. The summed E-state index contributed by atoms with van der Waals surface area (Å²) in [5, 5.41) is 9.06. The SMILES string of the molecule is Cc1c(CO)sc2c1C(N)=NC(=O)C2. The lowest BCUT2D eigenvalue weighted by Crippen LogP contribution is -2.22. The predicted molar refractivity (Wildman–Crippen MR) is 54.4 cm³/mol. The Morgan fingerprint density at radius 3 is 3.00 bits per heavy atom. The van der Waals surface area contributed by atoms with Crippen LogP contribution in [0, 0.1) is 6.92 Å². The highest BCUT2D eigenvalue weighted by molar-refractivity contribution is 7.12. The van der Waals surface area contributed by atoms with Crippen molar-refractivity contribution in [3.05, 3.63) is 20.9 Å². The summed E-state index contributed by atoms with van der Waals surface area (Å²) < 4.78 is 0. The maximum atomic E-state index is 11.1. The van der Waals surface area contributed by atoms with Gasteiger partial charge < -0.3 is 10.8 Å². The zero-order chi connectivity index (χ0) is 10.3. The van der Waals surface area contributed by atoms with Gasteiger partial charge in [0.15, 0.2) is 0 Å². The van der Waals surface area contributed by atoms with Crippen LogP contribution in [0.3, 0.4) is 0 Å². The number of amidine groups is 1. The Hall–Kier alpha value is -1.20. The van der Waals surface area contributed by atoms with Gasteiger partial charge in [-0.3, -0.25) is 4.79 Å². The Bertz CT molecular complexity index is 434. The lowest BCUT2D eigenvalue weighted by atomic mass is 10.1. The first-order chi connectivity index (χ1) is 6.63. The summed E-state index contributed by atoms with van der Waals surface area (Å²) in [6, 6.07) is 0. The number of aliphatic hydroxyl groups is 1. The molecule has 1 aliphatic rings. The van der Waals surface area contributed by atoms with E-state index in [-0.39, 0.29) is 18.3 Å². The molecule has 0 atom stereocenters. The normalized spacial score (nSPS) is 15.3. The average molecular weight is 210 g/mol. The Morgan fingerprint density at radius 1 is 1.64 bits per heavy atom. The van der Waals surface area contributed by atoms with Crippen LogP contribution in [0.4, 0.5) is 0 Å². The fraction of sp³-hybridized carbons (Fsp3) is 0.333. The van der Waals surface area contributed by atoms with Gasteiger partial charge in [-0.1, -0.05) is 0 Å². The first-order valence-electron chi connectivity index (χ1n) is 4.23. The molecule has 1 aliphatic heterocycles. The number of fused-ring (bicyclic) bond motifs is 1. The standard InChI is InChI=1S/C9H10N2O2S/c1-4-6(3-12)14-5-2-7(13)11-9(10)8(4)5/h12H,2-3H2,1H3,(H2,10,11,13). The highest BCUT2D eigenvalue weighted by atomic mass is 32.1. The van der Waals surface area contributed by atoms with Crippen molar-refractivity contribution in [2.24, 2.45) is 10.7 Å². The van der Waals surface area contributed by atoms with E-state index in [1.54, 1.807) is 0 Å². The minimum absolute atomic E-state index is 0.00896. The average Bonchev–Trinajstić information content (AvgIpc) is 2.42. The van der Waals surface area contributed by atoms with Crippen molar-refractivity contribution in [1.29, 1.82) is 0 Å². The minimum atomic E-state index is -0.208. The quantitative estimate of drug-likeness (QED) is 0.701. The molecule has 0 fully saturated rings. The lowest BCUT2D eigenvalue weighted by Gasteiger charge is -2.08. The van der Waals surface area contributed by atoms with E-state index in [1.807, 2.05) is 6.92 Å². The smallest absolute Gasteiger partial charge is 0.252 e. The number of hydrogen-bond donors (Lipinski definition) is 2. The van der Waals surface area contributed by atoms with Crippen LogP contribution in [-0.4, -0.2) is 16.8 Å². The molecule has 4 nitrogen and oxygen atoms in total. The first kappa shape index (κ1) is 9.36. The second kappa shape index (κ2) is 3.18. The minimum Gasteiger partial charge on any atom is -0.391 e. The fourth-order valence-corrected chi connectivity index (χ4v) is 2.77. The summed E-state index contributed by atoms with van der Waals surface area (Å²) in [5.74, 6) is 0.0745. The van der Waals surface area contributed by atoms with Crippen LogP contribution in [0.25, 0.3) is 0 Å². The summed E-state index contributed by atoms with van der Waals surface area (Å²) >= 11 is 1.44. The van der Waals surface area contributed by atoms with Crippen LogP contribution < -0.4 is 5.73 Å². The van der Waals surface area contributed by atoms with E-state index >= 15 is 0 Å². The van der Waals surface area contributed by atoms with Crippen LogP contribution in [0.15, 0.2) is 4.99 Å². The highest BCUT2D eigenvalue weighted by Gasteiger charge is 2.23. The summed E-state index contributed by atoms with van der Waals surface area (Å²) in [5.41, 5.74) is 7.45. The monoisotopic (exact) mass is 210 g/mol. The third-order valence-electron chi connectivity index (χ3n) is 2.28. The Morgan fingerprint density at radius 2 is 2.36 bits per heavy atom. The topological polar surface area (TPSA) is 75.7 Å². The van der Waals surface area contributed by atoms with E-state index in [9.17, 15) is 4.79 Å². The molecular formula is C9H10N2O2S.